The van der Waals surface area contributed by atoms with Crippen LogP contribution in [0.25, 0.3) is 0 Å². The van der Waals surface area contributed by atoms with Crippen LogP contribution in [-0.4, -0.2) is 11.7 Å². The summed E-state index contributed by atoms with van der Waals surface area (Å²) in [6, 6.07) is 10.2. The van der Waals surface area contributed by atoms with Gasteiger partial charge >= 0.3 is 0 Å². The first-order chi connectivity index (χ1) is 6.27. The summed E-state index contributed by atoms with van der Waals surface area (Å²) in [4.78, 5) is 0. The smallest absolute Gasteiger partial charge is 0.0534 e. The van der Waals surface area contributed by atoms with Crippen LogP contribution in [-0.2, 0) is 5.41 Å². The first kappa shape index (κ1) is 8.52. The van der Waals surface area contributed by atoms with E-state index >= 15 is 0 Å². The number of aliphatic hydroxyl groups is 1. The molecular weight excluding hydrogens is 160 g/mol. The van der Waals surface area contributed by atoms with Crippen molar-refractivity contribution in [3.8, 4) is 0 Å². The van der Waals surface area contributed by atoms with Gasteiger partial charge in [0.25, 0.3) is 0 Å². The first-order valence-electron chi connectivity index (χ1n) is 4.60. The van der Waals surface area contributed by atoms with Gasteiger partial charge in [0, 0.05) is 5.41 Å². The van der Waals surface area contributed by atoms with Crippen LogP contribution in [0.5, 0.6) is 0 Å². The average Bonchev–Trinajstić information content (AvgIpc) is 2.14. The lowest BCUT2D eigenvalue weighted by Gasteiger charge is -2.42. The second kappa shape index (κ2) is 3.00. The molecule has 1 fully saturated rings. The third-order valence-electron chi connectivity index (χ3n) is 2.87. The molecule has 0 saturated heterocycles. The maximum Gasteiger partial charge on any atom is 0.0534 e. The zero-order valence-corrected chi connectivity index (χ0v) is 7.66. The number of aliphatic hydroxyl groups excluding tert-OH is 1. The van der Waals surface area contributed by atoms with Crippen LogP contribution in [0, 0.1) is 0 Å². The highest BCUT2D eigenvalue weighted by molar-refractivity contribution is 5.35. The molecule has 0 aliphatic heterocycles. The summed E-state index contributed by atoms with van der Waals surface area (Å²) in [5, 5.41) is 9.37. The Morgan fingerprint density at radius 2 is 1.85 bits per heavy atom. The molecule has 0 heterocycles. The maximum absolute atomic E-state index is 9.37. The van der Waals surface area contributed by atoms with Gasteiger partial charge < -0.3 is 5.11 Å². The normalized spacial score (nSPS) is 19.6. The van der Waals surface area contributed by atoms with Crippen molar-refractivity contribution in [3.63, 3.8) is 0 Å². The molecule has 0 aromatic heterocycles. The zero-order chi connectivity index (χ0) is 9.31. The Morgan fingerprint density at radius 1 is 1.23 bits per heavy atom. The summed E-state index contributed by atoms with van der Waals surface area (Å²) < 4.78 is 0. The Morgan fingerprint density at radius 3 is 2.31 bits per heavy atom. The number of hydrogen-bond acceptors (Lipinski definition) is 1. The first-order valence-corrected chi connectivity index (χ1v) is 4.60. The molecule has 0 spiro atoms. The van der Waals surface area contributed by atoms with Crippen LogP contribution < -0.4 is 0 Å². The molecule has 1 nitrogen and oxygen atoms in total. The highest BCUT2D eigenvalue weighted by Gasteiger charge is 2.40. The summed E-state index contributed by atoms with van der Waals surface area (Å²) in [6.07, 6.45) is 1.88. The highest BCUT2D eigenvalue weighted by atomic mass is 16.3. The Hall–Kier alpha value is -1.08. The third kappa shape index (κ3) is 1.29. The number of benzene rings is 1. The molecule has 13 heavy (non-hydrogen) atoms. The van der Waals surface area contributed by atoms with Gasteiger partial charge in [0.05, 0.1) is 6.61 Å². The third-order valence-corrected chi connectivity index (χ3v) is 2.87. The molecule has 0 unspecified atom stereocenters. The molecule has 1 aromatic rings. The molecule has 1 aliphatic rings. The van der Waals surface area contributed by atoms with Crippen molar-refractivity contribution >= 4 is 0 Å². The maximum atomic E-state index is 9.37. The highest BCUT2D eigenvalue weighted by Crippen LogP contribution is 2.46. The van der Waals surface area contributed by atoms with Crippen molar-refractivity contribution in [1.29, 1.82) is 0 Å². The minimum atomic E-state index is -0.0155. The number of hydrogen-bond donors (Lipinski definition) is 1. The Kier molecular flexibility index (Phi) is 1.97. The Bertz CT molecular complexity index is 305. The van der Waals surface area contributed by atoms with Crippen molar-refractivity contribution in [2.45, 2.75) is 18.3 Å². The topological polar surface area (TPSA) is 20.2 Å². The predicted molar refractivity (Wildman–Crippen MR) is 53.6 cm³/mol. The fourth-order valence-corrected chi connectivity index (χ4v) is 2.10. The van der Waals surface area contributed by atoms with Crippen molar-refractivity contribution in [2.24, 2.45) is 0 Å². The van der Waals surface area contributed by atoms with E-state index in [9.17, 15) is 5.11 Å². The molecule has 0 amide bonds. The van der Waals surface area contributed by atoms with Gasteiger partial charge in [-0.2, -0.15) is 0 Å². The molecular formula is C12H14O. The lowest BCUT2D eigenvalue weighted by molar-refractivity contribution is 0.158. The minimum absolute atomic E-state index is 0.0155. The zero-order valence-electron chi connectivity index (χ0n) is 7.66. The lowest BCUT2D eigenvalue weighted by atomic mass is 9.62. The molecule has 1 saturated carbocycles. The van der Waals surface area contributed by atoms with E-state index in [4.69, 9.17) is 0 Å². The van der Waals surface area contributed by atoms with Gasteiger partial charge in [-0.25, -0.2) is 0 Å². The fraction of sp³-hybridized carbons (Fsp3) is 0.333. The van der Waals surface area contributed by atoms with Gasteiger partial charge in [0.2, 0.25) is 0 Å². The largest absolute Gasteiger partial charge is 0.395 e. The Balaban J connectivity index is 2.29. The van der Waals surface area contributed by atoms with E-state index in [-0.39, 0.29) is 12.0 Å². The van der Waals surface area contributed by atoms with Crippen LogP contribution in [0.1, 0.15) is 18.4 Å². The Labute approximate surface area is 78.7 Å². The van der Waals surface area contributed by atoms with E-state index in [1.807, 2.05) is 18.2 Å². The molecule has 0 atom stereocenters. The van der Waals surface area contributed by atoms with E-state index in [0.29, 0.717) is 0 Å². The summed E-state index contributed by atoms with van der Waals surface area (Å²) in [6.45, 7) is 4.15. The SMILES string of the molecule is C=C1CC(CO)(c2ccccc2)C1. The van der Waals surface area contributed by atoms with Crippen molar-refractivity contribution < 1.29 is 5.11 Å². The minimum Gasteiger partial charge on any atom is -0.395 e. The van der Waals surface area contributed by atoms with Crippen LogP contribution in [0.2, 0.25) is 0 Å². The molecule has 0 bridgehead atoms. The fourth-order valence-electron chi connectivity index (χ4n) is 2.10. The van der Waals surface area contributed by atoms with Crippen molar-refractivity contribution in [3.05, 3.63) is 48.0 Å². The number of allylic oxidation sites excluding steroid dienone is 1. The van der Waals surface area contributed by atoms with E-state index in [1.54, 1.807) is 0 Å². The summed E-state index contributed by atoms with van der Waals surface area (Å²) in [7, 11) is 0. The van der Waals surface area contributed by atoms with E-state index in [1.165, 1.54) is 11.1 Å². The van der Waals surface area contributed by atoms with Crippen LogP contribution in [0.4, 0.5) is 0 Å². The molecule has 0 radical (unpaired) electrons. The van der Waals surface area contributed by atoms with Crippen LogP contribution in [0.15, 0.2) is 42.5 Å². The second-order valence-corrected chi connectivity index (χ2v) is 3.91. The monoisotopic (exact) mass is 174 g/mol. The van der Waals surface area contributed by atoms with Gasteiger partial charge in [0.1, 0.15) is 0 Å². The summed E-state index contributed by atoms with van der Waals surface area (Å²) in [5.41, 5.74) is 2.47. The second-order valence-electron chi connectivity index (χ2n) is 3.91. The lowest BCUT2D eigenvalue weighted by Crippen LogP contribution is -2.39. The van der Waals surface area contributed by atoms with Crippen LogP contribution in [0.3, 0.4) is 0 Å². The van der Waals surface area contributed by atoms with E-state index in [0.717, 1.165) is 12.8 Å². The standard InChI is InChI=1S/C12H14O/c1-10-7-12(8-10,9-13)11-5-3-2-4-6-11/h2-6,13H,1,7-9H2. The van der Waals surface area contributed by atoms with Crippen molar-refractivity contribution in [2.75, 3.05) is 6.61 Å². The summed E-state index contributed by atoms with van der Waals surface area (Å²) in [5.74, 6) is 0. The van der Waals surface area contributed by atoms with Gasteiger partial charge in [0.15, 0.2) is 0 Å². The molecule has 68 valence electrons. The van der Waals surface area contributed by atoms with Gasteiger partial charge in [-0.1, -0.05) is 42.5 Å². The van der Waals surface area contributed by atoms with Crippen LogP contribution >= 0.6 is 0 Å². The number of rotatable bonds is 2. The molecule has 1 aromatic carbocycles. The van der Waals surface area contributed by atoms with E-state index in [2.05, 4.69) is 18.7 Å². The van der Waals surface area contributed by atoms with E-state index < -0.39 is 0 Å². The average molecular weight is 174 g/mol. The molecule has 2 rings (SSSR count). The van der Waals surface area contributed by atoms with Gasteiger partial charge in [-0.05, 0) is 18.4 Å². The quantitative estimate of drug-likeness (QED) is 0.682. The summed E-state index contributed by atoms with van der Waals surface area (Å²) >= 11 is 0. The van der Waals surface area contributed by atoms with Gasteiger partial charge in [-0.3, -0.25) is 0 Å². The van der Waals surface area contributed by atoms with Crippen molar-refractivity contribution in [1.82, 2.24) is 0 Å². The molecule has 1 heteroatoms. The molecule has 1 aliphatic carbocycles. The van der Waals surface area contributed by atoms with Gasteiger partial charge in [-0.15, -0.1) is 0 Å². The molecule has 1 N–H and O–H groups in total. The predicted octanol–water partition coefficient (Wildman–Crippen LogP) is 2.27.